The number of nitrogens with one attached hydrogen (secondary N) is 2. The van der Waals surface area contributed by atoms with E-state index in [0.29, 0.717) is 50.7 Å². The van der Waals surface area contributed by atoms with Gasteiger partial charge in [0.05, 0.1) is 12.1 Å². The number of rotatable bonds is 5. The Balaban J connectivity index is 0.00000306. The molecule has 7 nitrogen and oxygen atoms in total. The zero-order valence-electron chi connectivity index (χ0n) is 18.1. The van der Waals surface area contributed by atoms with Crippen molar-refractivity contribution in [3.05, 3.63) is 65.6 Å². The number of halogens is 4. The van der Waals surface area contributed by atoms with Crippen molar-refractivity contribution >= 4 is 35.6 Å². The second kappa shape index (κ2) is 10.7. The molecule has 1 saturated heterocycles. The minimum atomic E-state index is -4.38. The summed E-state index contributed by atoms with van der Waals surface area (Å²) in [6, 6.07) is 11.3. The van der Waals surface area contributed by atoms with Gasteiger partial charge in [-0.2, -0.15) is 13.2 Å². The first-order valence-electron chi connectivity index (χ1n) is 10.4. The van der Waals surface area contributed by atoms with Crippen LogP contribution in [0.5, 0.6) is 0 Å². The molecular formula is C22H26F3IN6O. The molecule has 1 fully saturated rings. The van der Waals surface area contributed by atoms with Crippen molar-refractivity contribution in [3.8, 4) is 0 Å². The van der Waals surface area contributed by atoms with Gasteiger partial charge in [-0.05, 0) is 36.6 Å². The summed E-state index contributed by atoms with van der Waals surface area (Å²) in [5.41, 5.74) is 0.278. The molecule has 11 heteroatoms. The third-order valence-corrected chi connectivity index (χ3v) is 5.87. The first-order chi connectivity index (χ1) is 15.4. The van der Waals surface area contributed by atoms with E-state index in [0.717, 1.165) is 17.5 Å². The molecule has 0 amide bonds. The lowest BCUT2D eigenvalue weighted by molar-refractivity contribution is -0.137. The summed E-state index contributed by atoms with van der Waals surface area (Å²) in [5, 5.41) is 14.8. The smallest absolute Gasteiger partial charge is 0.381 e. The van der Waals surface area contributed by atoms with Crippen molar-refractivity contribution in [2.45, 2.75) is 31.0 Å². The largest absolute Gasteiger partial charge is 0.416 e. The van der Waals surface area contributed by atoms with Crippen molar-refractivity contribution in [1.29, 1.82) is 0 Å². The van der Waals surface area contributed by atoms with Gasteiger partial charge in [0, 0.05) is 38.4 Å². The number of guanidine groups is 1. The number of ether oxygens (including phenoxy) is 1. The number of aliphatic imine (C=N–C) groups is 1. The molecule has 33 heavy (non-hydrogen) atoms. The van der Waals surface area contributed by atoms with Crippen LogP contribution in [-0.4, -0.2) is 47.4 Å². The molecule has 0 atom stereocenters. The van der Waals surface area contributed by atoms with Crippen LogP contribution >= 0.6 is 24.0 Å². The SMILES string of the molecule is CN=C(NCc1nnc2ccccn12)NCC1(c2cccc(C(F)(F)F)c2)CCOCC1.I. The predicted molar refractivity (Wildman–Crippen MR) is 130 cm³/mol. The van der Waals surface area contributed by atoms with Crippen molar-refractivity contribution < 1.29 is 17.9 Å². The van der Waals surface area contributed by atoms with E-state index < -0.39 is 17.2 Å². The van der Waals surface area contributed by atoms with E-state index in [1.165, 1.54) is 12.1 Å². The number of hydrogen-bond acceptors (Lipinski definition) is 4. The fourth-order valence-corrected chi connectivity index (χ4v) is 4.00. The average Bonchev–Trinajstić information content (AvgIpc) is 3.22. The molecule has 1 aliphatic rings. The van der Waals surface area contributed by atoms with Gasteiger partial charge >= 0.3 is 6.18 Å². The molecule has 0 unspecified atom stereocenters. The van der Waals surface area contributed by atoms with E-state index in [1.807, 2.05) is 28.8 Å². The molecule has 0 aliphatic carbocycles. The fourth-order valence-electron chi connectivity index (χ4n) is 4.00. The topological polar surface area (TPSA) is 75.8 Å². The van der Waals surface area contributed by atoms with Gasteiger partial charge in [0.25, 0.3) is 0 Å². The standard InChI is InChI=1S/C22H25F3N6O.HI/c1-26-20(27-14-19-30-29-18-7-2-3-10-31(18)19)28-15-21(8-11-32-12-9-21)16-5-4-6-17(13-16)22(23,24)25;/h2-7,10,13H,8-9,11-12,14-15H2,1H3,(H2,26,27,28);1H. The van der Waals surface area contributed by atoms with Crippen molar-refractivity contribution in [1.82, 2.24) is 25.2 Å². The minimum absolute atomic E-state index is 0. The Morgan fingerprint density at radius 1 is 1.12 bits per heavy atom. The van der Waals surface area contributed by atoms with Crippen LogP contribution in [0.25, 0.3) is 5.65 Å². The average molecular weight is 574 g/mol. The Morgan fingerprint density at radius 3 is 2.64 bits per heavy atom. The molecular weight excluding hydrogens is 548 g/mol. The van der Waals surface area contributed by atoms with E-state index in [-0.39, 0.29) is 24.0 Å². The number of alkyl halides is 3. The van der Waals surface area contributed by atoms with Crippen LogP contribution in [0.1, 0.15) is 29.8 Å². The first-order valence-corrected chi connectivity index (χ1v) is 10.4. The summed E-state index contributed by atoms with van der Waals surface area (Å²) in [6.45, 7) is 1.81. The number of aromatic nitrogens is 3. The molecule has 2 aromatic heterocycles. The molecule has 3 heterocycles. The highest BCUT2D eigenvalue weighted by Crippen LogP contribution is 2.37. The van der Waals surface area contributed by atoms with Gasteiger partial charge in [-0.25, -0.2) is 0 Å². The number of hydrogen-bond donors (Lipinski definition) is 2. The molecule has 0 saturated carbocycles. The highest BCUT2D eigenvalue weighted by Gasteiger charge is 2.37. The summed E-state index contributed by atoms with van der Waals surface area (Å²) in [5.74, 6) is 1.26. The molecule has 4 rings (SSSR count). The van der Waals surface area contributed by atoms with Crippen LogP contribution in [0.3, 0.4) is 0 Å². The van der Waals surface area contributed by atoms with E-state index in [1.54, 1.807) is 13.1 Å². The lowest BCUT2D eigenvalue weighted by atomic mass is 9.73. The molecule has 1 aliphatic heterocycles. The molecule has 0 spiro atoms. The van der Waals surface area contributed by atoms with Gasteiger partial charge in [0.15, 0.2) is 17.4 Å². The Morgan fingerprint density at radius 2 is 1.91 bits per heavy atom. The maximum atomic E-state index is 13.3. The predicted octanol–water partition coefficient (Wildman–Crippen LogP) is 3.78. The highest BCUT2D eigenvalue weighted by molar-refractivity contribution is 14.0. The van der Waals surface area contributed by atoms with E-state index >= 15 is 0 Å². The van der Waals surface area contributed by atoms with E-state index in [2.05, 4.69) is 25.8 Å². The molecule has 0 bridgehead atoms. The monoisotopic (exact) mass is 574 g/mol. The Bertz CT molecular complexity index is 1090. The van der Waals surface area contributed by atoms with E-state index in [4.69, 9.17) is 4.74 Å². The van der Waals surface area contributed by atoms with Crippen molar-refractivity contribution in [2.24, 2.45) is 4.99 Å². The lowest BCUT2D eigenvalue weighted by Crippen LogP contribution is -2.48. The second-order valence-electron chi connectivity index (χ2n) is 7.80. The van der Waals surface area contributed by atoms with Gasteiger partial charge in [0.1, 0.15) is 0 Å². The van der Waals surface area contributed by atoms with Gasteiger partial charge in [-0.15, -0.1) is 34.2 Å². The Hall–Kier alpha value is -2.41. The van der Waals surface area contributed by atoms with Crippen molar-refractivity contribution in [3.63, 3.8) is 0 Å². The first kappa shape index (κ1) is 25.2. The number of nitrogens with zero attached hydrogens (tertiary/aromatic N) is 4. The maximum Gasteiger partial charge on any atom is 0.416 e. The van der Waals surface area contributed by atoms with Gasteiger partial charge in [-0.1, -0.05) is 24.3 Å². The van der Waals surface area contributed by atoms with Crippen LogP contribution in [0.15, 0.2) is 53.7 Å². The lowest BCUT2D eigenvalue weighted by Gasteiger charge is -2.38. The summed E-state index contributed by atoms with van der Waals surface area (Å²) < 4.78 is 47.3. The molecule has 0 radical (unpaired) electrons. The number of pyridine rings is 1. The summed E-state index contributed by atoms with van der Waals surface area (Å²) in [7, 11) is 1.65. The molecule has 1 aromatic carbocycles. The number of benzene rings is 1. The zero-order chi connectivity index (χ0) is 22.6. The van der Waals surface area contributed by atoms with Crippen LogP contribution < -0.4 is 10.6 Å². The van der Waals surface area contributed by atoms with Crippen molar-refractivity contribution in [2.75, 3.05) is 26.8 Å². The quantitative estimate of drug-likeness (QED) is 0.276. The normalized spacial score (nSPS) is 16.3. The minimum Gasteiger partial charge on any atom is -0.381 e. The third-order valence-electron chi connectivity index (χ3n) is 5.87. The zero-order valence-corrected chi connectivity index (χ0v) is 20.4. The van der Waals surface area contributed by atoms with Crippen LogP contribution in [0.4, 0.5) is 13.2 Å². The Kier molecular flexibility index (Phi) is 8.16. The maximum absolute atomic E-state index is 13.3. The van der Waals surface area contributed by atoms with Crippen LogP contribution in [-0.2, 0) is 22.9 Å². The van der Waals surface area contributed by atoms with E-state index in [9.17, 15) is 13.2 Å². The van der Waals surface area contributed by atoms with Crippen LogP contribution in [0.2, 0.25) is 0 Å². The summed E-state index contributed by atoms with van der Waals surface area (Å²) in [6.07, 6.45) is -1.26. The summed E-state index contributed by atoms with van der Waals surface area (Å²) >= 11 is 0. The van der Waals surface area contributed by atoms with Crippen LogP contribution in [0, 0.1) is 0 Å². The molecule has 178 valence electrons. The highest BCUT2D eigenvalue weighted by atomic mass is 127. The van der Waals surface area contributed by atoms with Gasteiger partial charge in [0.2, 0.25) is 0 Å². The second-order valence-corrected chi connectivity index (χ2v) is 7.80. The van der Waals surface area contributed by atoms with Gasteiger partial charge in [-0.3, -0.25) is 9.39 Å². The molecule has 3 aromatic rings. The number of fused-ring (bicyclic) bond motifs is 1. The van der Waals surface area contributed by atoms with Gasteiger partial charge < -0.3 is 15.4 Å². The summed E-state index contributed by atoms with van der Waals surface area (Å²) in [4.78, 5) is 4.26. The third kappa shape index (κ3) is 5.75. The fraction of sp³-hybridized carbons (Fsp3) is 0.409. The Labute approximate surface area is 206 Å². The molecule has 2 N–H and O–H groups in total.